The normalized spacial score (nSPS) is 17.5. The molecule has 22 heavy (non-hydrogen) atoms. The summed E-state index contributed by atoms with van der Waals surface area (Å²) in [4.78, 5) is 0. The van der Waals surface area contributed by atoms with Crippen LogP contribution in [0.5, 0.6) is 0 Å². The predicted molar refractivity (Wildman–Crippen MR) is 109 cm³/mol. The summed E-state index contributed by atoms with van der Waals surface area (Å²) < 4.78 is 13.4. The second-order valence-electron chi connectivity index (χ2n) is 10.2. The Kier molecular flexibility index (Phi) is 7.40. The van der Waals surface area contributed by atoms with E-state index in [1.54, 1.807) is 0 Å². The summed E-state index contributed by atoms with van der Waals surface area (Å²) in [6, 6.07) is 2.65. The molecule has 0 aromatic carbocycles. The zero-order chi connectivity index (χ0) is 18.0. The van der Waals surface area contributed by atoms with Gasteiger partial charge in [-0.3, -0.25) is 0 Å². The molecular weight excluding hydrogens is 320 g/mol. The van der Waals surface area contributed by atoms with E-state index >= 15 is 0 Å². The standard InChI is InChI=1S/C17H42O2Si3/c1-13-17(5,22(11,12)18-16(2,3)4)19-21(9,10)15-14-20(6,7)8/h13-15H2,1-12H3. The molecule has 1 unspecified atom stereocenters. The van der Waals surface area contributed by atoms with Crippen molar-refractivity contribution in [2.24, 2.45) is 0 Å². The summed E-state index contributed by atoms with van der Waals surface area (Å²) in [5.41, 5.74) is -0.0977. The average molecular weight is 363 g/mol. The van der Waals surface area contributed by atoms with Crippen molar-refractivity contribution in [2.45, 2.75) is 110 Å². The van der Waals surface area contributed by atoms with Gasteiger partial charge >= 0.3 is 0 Å². The second-order valence-corrected chi connectivity index (χ2v) is 24.4. The first-order chi connectivity index (χ1) is 9.43. The van der Waals surface area contributed by atoms with Gasteiger partial charge in [0.15, 0.2) is 8.32 Å². The molecule has 1 atom stereocenters. The van der Waals surface area contributed by atoms with Crippen molar-refractivity contribution >= 4 is 24.7 Å². The zero-order valence-corrected chi connectivity index (χ0v) is 20.4. The van der Waals surface area contributed by atoms with Crippen molar-refractivity contribution in [1.82, 2.24) is 0 Å². The Balaban J connectivity index is 5.14. The Morgan fingerprint density at radius 2 is 1.18 bits per heavy atom. The minimum atomic E-state index is -1.95. The molecule has 134 valence electrons. The SMILES string of the molecule is CCC(C)(O[Si](C)(C)CC[Si](C)(C)C)[Si](C)(C)OC(C)(C)C. The van der Waals surface area contributed by atoms with Gasteiger partial charge in [-0.1, -0.05) is 32.6 Å². The highest BCUT2D eigenvalue weighted by atomic mass is 28.4. The Bertz CT molecular complexity index is 354. The molecule has 5 heteroatoms. The molecule has 0 heterocycles. The van der Waals surface area contributed by atoms with Gasteiger partial charge in [-0.25, -0.2) is 0 Å². The van der Waals surface area contributed by atoms with Crippen molar-refractivity contribution < 1.29 is 8.85 Å². The van der Waals surface area contributed by atoms with Crippen LogP contribution in [0.1, 0.15) is 41.0 Å². The smallest absolute Gasteiger partial charge is 0.217 e. The Morgan fingerprint density at radius 3 is 1.50 bits per heavy atom. The minimum Gasteiger partial charge on any atom is -0.412 e. The van der Waals surface area contributed by atoms with Crippen LogP contribution < -0.4 is 0 Å². The molecule has 0 saturated heterocycles. The molecule has 0 rings (SSSR count). The fourth-order valence-corrected chi connectivity index (χ4v) is 14.1. The van der Waals surface area contributed by atoms with E-state index in [2.05, 4.69) is 80.4 Å². The fraction of sp³-hybridized carbons (Fsp3) is 1.00. The molecule has 0 fully saturated rings. The third-order valence-electron chi connectivity index (χ3n) is 4.49. The maximum absolute atomic E-state index is 6.88. The molecule has 0 aliphatic heterocycles. The van der Waals surface area contributed by atoms with Crippen LogP contribution in [0.3, 0.4) is 0 Å². The lowest BCUT2D eigenvalue weighted by Gasteiger charge is -2.48. The summed E-state index contributed by atoms with van der Waals surface area (Å²) in [6.07, 6.45) is 1.03. The van der Waals surface area contributed by atoms with E-state index in [9.17, 15) is 0 Å². The Labute approximate surface area is 143 Å². The van der Waals surface area contributed by atoms with Crippen LogP contribution >= 0.6 is 0 Å². The van der Waals surface area contributed by atoms with Crippen molar-refractivity contribution in [3.8, 4) is 0 Å². The van der Waals surface area contributed by atoms with E-state index in [1.807, 2.05) is 0 Å². The van der Waals surface area contributed by atoms with E-state index in [4.69, 9.17) is 8.85 Å². The van der Waals surface area contributed by atoms with Gasteiger partial charge in [-0.15, -0.1) is 0 Å². The summed E-state index contributed by atoms with van der Waals surface area (Å²) >= 11 is 0. The summed E-state index contributed by atoms with van der Waals surface area (Å²) in [7, 11) is -4.62. The molecule has 0 aromatic rings. The molecule has 0 aromatic heterocycles. The van der Waals surface area contributed by atoms with Crippen molar-refractivity contribution in [3.05, 3.63) is 0 Å². The van der Waals surface area contributed by atoms with Crippen LogP contribution in [-0.2, 0) is 8.85 Å². The number of rotatable bonds is 8. The van der Waals surface area contributed by atoms with Gasteiger partial charge in [0, 0.05) is 13.7 Å². The molecular formula is C17H42O2Si3. The highest BCUT2D eigenvalue weighted by Gasteiger charge is 2.49. The van der Waals surface area contributed by atoms with Gasteiger partial charge in [0.25, 0.3) is 0 Å². The lowest BCUT2D eigenvalue weighted by Crippen LogP contribution is -2.62. The third kappa shape index (κ3) is 7.90. The summed E-state index contributed by atoms with van der Waals surface area (Å²) in [5.74, 6) is 0. The quantitative estimate of drug-likeness (QED) is 0.473. The van der Waals surface area contributed by atoms with Gasteiger partial charge in [-0.2, -0.15) is 0 Å². The Morgan fingerprint density at radius 1 is 0.727 bits per heavy atom. The van der Waals surface area contributed by atoms with E-state index < -0.39 is 24.7 Å². The highest BCUT2D eigenvalue weighted by molar-refractivity contribution is 6.80. The number of hydrogen-bond acceptors (Lipinski definition) is 2. The first-order valence-electron chi connectivity index (χ1n) is 8.83. The maximum Gasteiger partial charge on any atom is 0.217 e. The van der Waals surface area contributed by atoms with E-state index in [-0.39, 0.29) is 10.8 Å². The second kappa shape index (κ2) is 7.21. The van der Waals surface area contributed by atoms with Crippen LogP contribution in [0.25, 0.3) is 0 Å². The lowest BCUT2D eigenvalue weighted by molar-refractivity contribution is 0.0614. The van der Waals surface area contributed by atoms with Gasteiger partial charge in [0.1, 0.15) is 0 Å². The van der Waals surface area contributed by atoms with Crippen molar-refractivity contribution in [2.75, 3.05) is 0 Å². The van der Waals surface area contributed by atoms with E-state index in [0.29, 0.717) is 0 Å². The van der Waals surface area contributed by atoms with E-state index in [0.717, 1.165) is 6.42 Å². The summed E-state index contributed by atoms with van der Waals surface area (Å²) in [6.45, 7) is 27.8. The molecule has 0 aliphatic rings. The summed E-state index contributed by atoms with van der Waals surface area (Å²) in [5, 5.41) is -0.102. The first-order valence-corrected chi connectivity index (χ1v) is 18.6. The lowest BCUT2D eigenvalue weighted by atomic mass is 10.2. The van der Waals surface area contributed by atoms with Crippen LogP contribution in [0.15, 0.2) is 0 Å². The third-order valence-corrected chi connectivity index (χ3v) is 13.5. The molecule has 0 amide bonds. The van der Waals surface area contributed by atoms with E-state index in [1.165, 1.54) is 12.1 Å². The van der Waals surface area contributed by atoms with Crippen LogP contribution in [0.2, 0.25) is 57.9 Å². The predicted octanol–water partition coefficient (Wildman–Crippen LogP) is 6.27. The maximum atomic E-state index is 6.88. The molecule has 0 bridgehead atoms. The van der Waals surface area contributed by atoms with Crippen LogP contribution in [-0.4, -0.2) is 35.5 Å². The average Bonchev–Trinajstić information content (AvgIpc) is 2.21. The zero-order valence-electron chi connectivity index (χ0n) is 17.4. The van der Waals surface area contributed by atoms with Crippen molar-refractivity contribution in [1.29, 1.82) is 0 Å². The molecule has 2 nitrogen and oxygen atoms in total. The van der Waals surface area contributed by atoms with Crippen LogP contribution in [0, 0.1) is 0 Å². The topological polar surface area (TPSA) is 18.5 Å². The highest BCUT2D eigenvalue weighted by Crippen LogP contribution is 2.36. The van der Waals surface area contributed by atoms with Gasteiger partial charge < -0.3 is 8.85 Å². The molecule has 0 N–H and O–H groups in total. The van der Waals surface area contributed by atoms with Gasteiger partial charge in [-0.05, 0) is 66.3 Å². The van der Waals surface area contributed by atoms with Crippen LogP contribution in [0.4, 0.5) is 0 Å². The fourth-order valence-electron chi connectivity index (χ4n) is 2.83. The number of hydrogen-bond donors (Lipinski definition) is 0. The molecule has 0 spiro atoms. The van der Waals surface area contributed by atoms with Gasteiger partial charge in [0.05, 0.1) is 5.22 Å². The monoisotopic (exact) mass is 362 g/mol. The van der Waals surface area contributed by atoms with Crippen molar-refractivity contribution in [3.63, 3.8) is 0 Å². The molecule has 0 saturated carbocycles. The Hall–Kier alpha value is 0.571. The van der Waals surface area contributed by atoms with Gasteiger partial charge in [0.2, 0.25) is 8.32 Å². The molecule has 0 aliphatic carbocycles. The largest absolute Gasteiger partial charge is 0.412 e. The molecule has 0 radical (unpaired) electrons. The minimum absolute atomic E-state index is 0.0977. The first kappa shape index (κ1) is 22.6.